The third-order valence-corrected chi connectivity index (χ3v) is 1.58. The van der Waals surface area contributed by atoms with Crippen molar-refractivity contribution in [2.75, 3.05) is 5.32 Å². The molecule has 0 fully saturated rings. The number of rotatable bonds is 2. The number of hydrogen-bond donors (Lipinski definition) is 2. The van der Waals surface area contributed by atoms with E-state index in [9.17, 15) is 4.79 Å². The smallest absolute Gasteiger partial charge is 0.267 e. The number of carbonyl (C=O) groups is 1. The molecule has 0 aromatic heterocycles. The monoisotopic (exact) mass is 194 g/mol. The van der Waals surface area contributed by atoms with Crippen LogP contribution in [0.25, 0.3) is 0 Å². The van der Waals surface area contributed by atoms with Crippen LogP contribution in [-0.4, -0.2) is 12.1 Å². The molecule has 0 unspecified atom stereocenters. The molecule has 0 heterocycles. The Kier molecular flexibility index (Phi) is 3.52. The first-order valence-electron chi connectivity index (χ1n) is 3.77. The Morgan fingerprint density at radius 3 is 3.00 bits per heavy atom. The van der Waals surface area contributed by atoms with Crippen LogP contribution in [0.2, 0.25) is 0 Å². The minimum atomic E-state index is -0.277. The largest absolute Gasteiger partial charge is 0.321 e. The summed E-state index contributed by atoms with van der Waals surface area (Å²) in [7, 11) is 0. The summed E-state index contributed by atoms with van der Waals surface area (Å²) in [6.45, 7) is 1.96. The highest BCUT2D eigenvalue weighted by molar-refractivity contribution is 7.79. The molecule has 0 saturated carbocycles. The lowest BCUT2D eigenvalue weighted by atomic mass is 10.2. The predicted molar refractivity (Wildman–Crippen MR) is 57.3 cm³/mol. The van der Waals surface area contributed by atoms with Gasteiger partial charge in [-0.1, -0.05) is 12.1 Å². The summed E-state index contributed by atoms with van der Waals surface area (Å²) in [6.07, 6.45) is 1.12. The fraction of sp³-hybridized carbons (Fsp3) is 0.111. The second-order valence-electron chi connectivity index (χ2n) is 2.60. The van der Waals surface area contributed by atoms with E-state index >= 15 is 0 Å². The highest BCUT2D eigenvalue weighted by Crippen LogP contribution is 2.08. The van der Waals surface area contributed by atoms with Crippen molar-refractivity contribution in [3.8, 4) is 0 Å². The van der Waals surface area contributed by atoms with E-state index in [-0.39, 0.29) is 5.91 Å². The predicted octanol–water partition coefficient (Wildman–Crippen LogP) is 1.85. The topological polar surface area (TPSA) is 41.5 Å². The van der Waals surface area contributed by atoms with Crippen LogP contribution in [0.3, 0.4) is 0 Å². The lowest BCUT2D eigenvalue weighted by molar-refractivity contribution is -0.109. The van der Waals surface area contributed by atoms with Gasteiger partial charge in [-0.25, -0.2) is 4.40 Å². The van der Waals surface area contributed by atoms with Crippen LogP contribution in [0.1, 0.15) is 5.56 Å². The zero-order valence-electron chi connectivity index (χ0n) is 7.19. The number of carbonyl (C=O) groups excluding carboxylic acids is 1. The number of nitrogens with one attached hydrogen (secondary N) is 1. The van der Waals surface area contributed by atoms with E-state index in [1.54, 1.807) is 0 Å². The molecule has 0 spiro atoms. The molecular formula is C9H10N2OS. The van der Waals surface area contributed by atoms with Gasteiger partial charge >= 0.3 is 0 Å². The summed E-state index contributed by atoms with van der Waals surface area (Å²) in [5.74, 6) is -0.277. The Hall–Kier alpha value is -1.29. The molecule has 0 bridgehead atoms. The highest BCUT2D eigenvalue weighted by Gasteiger charge is 1.96. The lowest BCUT2D eigenvalue weighted by Gasteiger charge is -2.01. The van der Waals surface area contributed by atoms with Gasteiger partial charge in [0.05, 0.1) is 6.21 Å². The molecule has 1 aromatic rings. The van der Waals surface area contributed by atoms with E-state index in [4.69, 9.17) is 0 Å². The van der Waals surface area contributed by atoms with Crippen molar-refractivity contribution >= 4 is 30.6 Å². The Labute approximate surface area is 82.4 Å². The first-order chi connectivity index (χ1) is 6.22. The lowest BCUT2D eigenvalue weighted by Crippen LogP contribution is -2.11. The Balaban J connectivity index is 2.69. The molecule has 3 nitrogen and oxygen atoms in total. The summed E-state index contributed by atoms with van der Waals surface area (Å²) >= 11 is 3.56. The van der Waals surface area contributed by atoms with Gasteiger partial charge in [-0.15, -0.1) is 0 Å². The summed E-state index contributed by atoms with van der Waals surface area (Å²) in [4.78, 5) is 11.0. The molecule has 1 rings (SSSR count). The van der Waals surface area contributed by atoms with E-state index in [1.165, 1.54) is 0 Å². The molecule has 13 heavy (non-hydrogen) atoms. The van der Waals surface area contributed by atoms with Crippen LogP contribution >= 0.6 is 12.8 Å². The van der Waals surface area contributed by atoms with Crippen molar-refractivity contribution in [2.45, 2.75) is 6.92 Å². The maximum atomic E-state index is 11.0. The van der Waals surface area contributed by atoms with Gasteiger partial charge in [-0.2, -0.15) is 0 Å². The minimum Gasteiger partial charge on any atom is -0.321 e. The van der Waals surface area contributed by atoms with Crippen LogP contribution in [0.4, 0.5) is 5.69 Å². The Morgan fingerprint density at radius 2 is 2.38 bits per heavy atom. The van der Waals surface area contributed by atoms with Gasteiger partial charge in [0, 0.05) is 5.69 Å². The number of anilines is 1. The van der Waals surface area contributed by atoms with E-state index < -0.39 is 0 Å². The highest BCUT2D eigenvalue weighted by atomic mass is 32.1. The Morgan fingerprint density at radius 1 is 1.62 bits per heavy atom. The van der Waals surface area contributed by atoms with Crippen molar-refractivity contribution in [1.29, 1.82) is 0 Å². The third kappa shape index (κ3) is 3.29. The minimum absolute atomic E-state index is 0.277. The van der Waals surface area contributed by atoms with Gasteiger partial charge in [0.25, 0.3) is 5.91 Å². The van der Waals surface area contributed by atoms with Crippen LogP contribution in [0.5, 0.6) is 0 Å². The van der Waals surface area contributed by atoms with Crippen molar-refractivity contribution in [1.82, 2.24) is 0 Å². The van der Waals surface area contributed by atoms with Crippen LogP contribution in [0, 0.1) is 6.92 Å². The standard InChI is InChI=1S/C9H10N2OS/c1-7-3-2-4-8(5-7)11-9(12)6-10-13/h2-6,13H,1H3,(H,11,12). The van der Waals surface area contributed by atoms with Gasteiger partial charge in [0.1, 0.15) is 0 Å². The molecular weight excluding hydrogens is 184 g/mol. The fourth-order valence-electron chi connectivity index (χ4n) is 0.950. The van der Waals surface area contributed by atoms with Gasteiger partial charge < -0.3 is 5.32 Å². The average molecular weight is 194 g/mol. The molecule has 0 radical (unpaired) electrons. The molecule has 1 aromatic carbocycles. The van der Waals surface area contributed by atoms with Gasteiger partial charge in [-0.3, -0.25) is 4.79 Å². The molecule has 1 N–H and O–H groups in total. The van der Waals surface area contributed by atoms with Gasteiger partial charge in [0.15, 0.2) is 0 Å². The van der Waals surface area contributed by atoms with Crippen LogP contribution < -0.4 is 5.32 Å². The number of hydrogen-bond acceptors (Lipinski definition) is 3. The van der Waals surface area contributed by atoms with Crippen LogP contribution in [0.15, 0.2) is 28.7 Å². The number of thiol groups is 1. The quantitative estimate of drug-likeness (QED) is 0.547. The van der Waals surface area contributed by atoms with Gasteiger partial charge in [0.2, 0.25) is 0 Å². The Bertz CT molecular complexity index is 336. The van der Waals surface area contributed by atoms with Crippen LogP contribution in [-0.2, 0) is 4.79 Å². The summed E-state index contributed by atoms with van der Waals surface area (Å²) in [6, 6.07) is 7.53. The number of aryl methyl sites for hydroxylation is 1. The van der Waals surface area contributed by atoms with Crippen molar-refractivity contribution in [2.24, 2.45) is 4.40 Å². The van der Waals surface area contributed by atoms with E-state index in [0.717, 1.165) is 17.5 Å². The zero-order valence-corrected chi connectivity index (χ0v) is 8.08. The fourth-order valence-corrected chi connectivity index (χ4v) is 1.05. The number of amides is 1. The van der Waals surface area contributed by atoms with Gasteiger partial charge in [-0.05, 0) is 37.4 Å². The molecule has 0 aliphatic carbocycles. The average Bonchev–Trinajstić information content (AvgIpc) is 2.04. The molecule has 68 valence electrons. The summed E-state index contributed by atoms with van der Waals surface area (Å²) in [5.41, 5.74) is 1.86. The summed E-state index contributed by atoms with van der Waals surface area (Å²) in [5, 5.41) is 2.65. The molecule has 4 heteroatoms. The molecule has 0 saturated heterocycles. The van der Waals surface area contributed by atoms with Crippen molar-refractivity contribution in [3.05, 3.63) is 29.8 Å². The second-order valence-corrected chi connectivity index (χ2v) is 2.83. The second kappa shape index (κ2) is 4.67. The summed E-state index contributed by atoms with van der Waals surface area (Å²) < 4.78 is 3.31. The van der Waals surface area contributed by atoms with E-state index in [2.05, 4.69) is 22.5 Å². The first-order valence-corrected chi connectivity index (χ1v) is 4.17. The zero-order chi connectivity index (χ0) is 9.68. The third-order valence-electron chi connectivity index (χ3n) is 1.46. The first kappa shape index (κ1) is 9.80. The molecule has 0 atom stereocenters. The normalized spacial score (nSPS) is 10.3. The van der Waals surface area contributed by atoms with Crippen molar-refractivity contribution < 1.29 is 4.79 Å². The number of benzene rings is 1. The van der Waals surface area contributed by atoms with E-state index in [0.29, 0.717) is 0 Å². The number of nitrogens with zero attached hydrogens (tertiary/aromatic N) is 1. The molecule has 0 aliphatic heterocycles. The SMILES string of the molecule is Cc1cccc(NC(=O)C=NS)c1. The maximum absolute atomic E-state index is 11.0. The molecule has 0 aliphatic rings. The molecule has 1 amide bonds. The van der Waals surface area contributed by atoms with E-state index in [1.807, 2.05) is 31.2 Å². The maximum Gasteiger partial charge on any atom is 0.267 e. The van der Waals surface area contributed by atoms with Crippen molar-refractivity contribution in [3.63, 3.8) is 0 Å².